The molecule has 2 N–H and O–H groups in total. The molecule has 3 nitrogen and oxygen atoms in total. The molecule has 1 atom stereocenters. The number of hydrogen-bond donors (Lipinski definition) is 2. The molecule has 20 heavy (non-hydrogen) atoms. The van der Waals surface area contributed by atoms with E-state index in [9.17, 15) is 18.3 Å². The summed E-state index contributed by atoms with van der Waals surface area (Å²) in [6.07, 6.45) is 0. The molecule has 0 saturated carbocycles. The Labute approximate surface area is 118 Å². The molecule has 2 rings (SSSR count). The van der Waals surface area contributed by atoms with Crippen molar-refractivity contribution in [1.82, 2.24) is 10.3 Å². The predicted octanol–water partition coefficient (Wildman–Crippen LogP) is 2.69. The van der Waals surface area contributed by atoms with E-state index in [2.05, 4.69) is 10.3 Å². The third-order valence-corrected chi connectivity index (χ3v) is 3.72. The van der Waals surface area contributed by atoms with Crippen molar-refractivity contribution >= 4 is 11.3 Å². The highest BCUT2D eigenvalue weighted by molar-refractivity contribution is 7.09. The highest BCUT2D eigenvalue weighted by Crippen LogP contribution is 2.20. The number of rotatable bonds is 5. The number of aryl methyl sites for hydroxylation is 1. The van der Waals surface area contributed by atoms with Crippen LogP contribution in [0, 0.1) is 24.4 Å². The van der Waals surface area contributed by atoms with E-state index in [-0.39, 0.29) is 12.2 Å². The summed E-state index contributed by atoms with van der Waals surface area (Å²) in [4.78, 5) is 4.23. The Balaban J connectivity index is 2.12. The first-order chi connectivity index (χ1) is 9.51. The largest absolute Gasteiger partial charge is 0.394 e. The van der Waals surface area contributed by atoms with Gasteiger partial charge in [-0.1, -0.05) is 0 Å². The van der Waals surface area contributed by atoms with Crippen LogP contribution in [0.3, 0.4) is 0 Å². The van der Waals surface area contributed by atoms with Crippen LogP contribution in [0.1, 0.15) is 22.3 Å². The minimum absolute atomic E-state index is 0.150. The first-order valence-corrected chi connectivity index (χ1v) is 6.79. The van der Waals surface area contributed by atoms with Gasteiger partial charge in [0.1, 0.15) is 5.01 Å². The van der Waals surface area contributed by atoms with E-state index in [4.69, 9.17) is 0 Å². The number of hydrogen-bond acceptors (Lipinski definition) is 4. The third-order valence-electron chi connectivity index (χ3n) is 2.76. The number of aromatic nitrogens is 1. The summed E-state index contributed by atoms with van der Waals surface area (Å²) in [6, 6.07) is 1.06. The maximum Gasteiger partial charge on any atom is 0.194 e. The quantitative estimate of drug-likeness (QED) is 0.835. The van der Waals surface area contributed by atoms with Gasteiger partial charge in [-0.3, -0.25) is 0 Å². The van der Waals surface area contributed by atoms with Crippen LogP contribution in [0.4, 0.5) is 13.2 Å². The Bertz CT molecular complexity index is 580. The zero-order valence-electron chi connectivity index (χ0n) is 10.7. The van der Waals surface area contributed by atoms with E-state index in [1.54, 1.807) is 0 Å². The lowest BCUT2D eigenvalue weighted by atomic mass is 10.1. The molecule has 0 saturated heterocycles. The van der Waals surface area contributed by atoms with Crippen LogP contribution >= 0.6 is 11.3 Å². The zero-order chi connectivity index (χ0) is 14.7. The highest BCUT2D eigenvalue weighted by atomic mass is 32.1. The Kier molecular flexibility index (Phi) is 4.74. The molecule has 2 aromatic rings. The first kappa shape index (κ1) is 15.0. The lowest BCUT2D eigenvalue weighted by molar-refractivity contribution is 0.242. The Hall–Kier alpha value is -1.44. The molecule has 0 amide bonds. The zero-order valence-corrected chi connectivity index (χ0v) is 11.5. The van der Waals surface area contributed by atoms with Crippen molar-refractivity contribution in [2.45, 2.75) is 19.5 Å². The molecular formula is C13H13F3N2OS. The Morgan fingerprint density at radius 1 is 1.30 bits per heavy atom. The van der Waals surface area contributed by atoms with Crippen molar-refractivity contribution in [2.75, 3.05) is 6.61 Å². The fraction of sp³-hybridized carbons (Fsp3) is 0.308. The van der Waals surface area contributed by atoms with Crippen LogP contribution in [0.25, 0.3) is 0 Å². The molecule has 108 valence electrons. The SMILES string of the molecule is Cc1csc(CNC(CO)c2cc(F)c(F)c(F)c2)n1. The average molecular weight is 302 g/mol. The van der Waals surface area contributed by atoms with E-state index >= 15 is 0 Å². The lowest BCUT2D eigenvalue weighted by Gasteiger charge is -2.16. The normalized spacial score (nSPS) is 12.7. The minimum Gasteiger partial charge on any atom is -0.394 e. The average Bonchev–Trinajstić information content (AvgIpc) is 2.82. The first-order valence-electron chi connectivity index (χ1n) is 5.91. The summed E-state index contributed by atoms with van der Waals surface area (Å²) >= 11 is 1.44. The Morgan fingerprint density at radius 2 is 1.95 bits per heavy atom. The highest BCUT2D eigenvalue weighted by Gasteiger charge is 2.17. The Morgan fingerprint density at radius 3 is 2.45 bits per heavy atom. The smallest absolute Gasteiger partial charge is 0.194 e. The molecule has 0 fully saturated rings. The van der Waals surface area contributed by atoms with E-state index in [1.165, 1.54) is 11.3 Å². The van der Waals surface area contributed by atoms with Crippen molar-refractivity contribution in [3.8, 4) is 0 Å². The van der Waals surface area contributed by atoms with Gasteiger partial charge in [-0.05, 0) is 24.6 Å². The van der Waals surface area contributed by atoms with Crippen molar-refractivity contribution in [1.29, 1.82) is 0 Å². The van der Waals surface area contributed by atoms with Crippen LogP contribution in [0.5, 0.6) is 0 Å². The summed E-state index contributed by atoms with van der Waals surface area (Å²) in [6.45, 7) is 1.84. The summed E-state index contributed by atoms with van der Waals surface area (Å²) < 4.78 is 39.2. The molecule has 0 spiro atoms. The van der Waals surface area contributed by atoms with Crippen LogP contribution in [-0.2, 0) is 6.54 Å². The van der Waals surface area contributed by atoms with E-state index in [1.807, 2.05) is 12.3 Å². The predicted molar refractivity (Wildman–Crippen MR) is 69.8 cm³/mol. The van der Waals surface area contributed by atoms with Gasteiger partial charge < -0.3 is 10.4 Å². The van der Waals surface area contributed by atoms with Crippen LogP contribution < -0.4 is 5.32 Å². The lowest BCUT2D eigenvalue weighted by Crippen LogP contribution is -2.24. The topological polar surface area (TPSA) is 45.1 Å². The van der Waals surface area contributed by atoms with Gasteiger partial charge in [0.15, 0.2) is 17.5 Å². The second-order valence-corrected chi connectivity index (χ2v) is 5.24. The number of aliphatic hydroxyl groups excluding tert-OH is 1. The summed E-state index contributed by atoms with van der Waals surface area (Å²) in [5, 5.41) is 14.9. The van der Waals surface area contributed by atoms with Crippen LogP contribution in [0.15, 0.2) is 17.5 Å². The number of aliphatic hydroxyl groups is 1. The molecule has 7 heteroatoms. The molecule has 1 heterocycles. The molecule has 0 aliphatic carbocycles. The van der Waals surface area contributed by atoms with Crippen molar-refractivity contribution in [3.05, 3.63) is 51.2 Å². The van der Waals surface area contributed by atoms with Gasteiger partial charge in [0.05, 0.1) is 12.6 Å². The standard InChI is InChI=1S/C13H13F3N2OS/c1-7-6-20-12(18-7)4-17-11(5-19)8-2-9(14)13(16)10(15)3-8/h2-3,6,11,17,19H,4-5H2,1H3. The number of nitrogens with zero attached hydrogens (tertiary/aromatic N) is 1. The molecule has 0 aliphatic rings. The van der Waals surface area contributed by atoms with Crippen molar-refractivity contribution in [2.24, 2.45) is 0 Å². The summed E-state index contributed by atoms with van der Waals surface area (Å²) in [5.74, 6) is -4.06. The number of halogens is 3. The minimum atomic E-state index is -1.51. The maximum atomic E-state index is 13.2. The summed E-state index contributed by atoms with van der Waals surface area (Å²) in [7, 11) is 0. The fourth-order valence-electron chi connectivity index (χ4n) is 1.76. The molecule has 1 aromatic heterocycles. The van der Waals surface area contributed by atoms with Gasteiger partial charge in [-0.25, -0.2) is 18.2 Å². The maximum absolute atomic E-state index is 13.2. The van der Waals surface area contributed by atoms with E-state index in [0.29, 0.717) is 6.54 Å². The molecule has 0 aliphatic heterocycles. The van der Waals surface area contributed by atoms with Gasteiger partial charge >= 0.3 is 0 Å². The molecular weight excluding hydrogens is 289 g/mol. The van der Waals surface area contributed by atoms with Crippen molar-refractivity contribution < 1.29 is 18.3 Å². The third kappa shape index (κ3) is 3.36. The van der Waals surface area contributed by atoms with E-state index < -0.39 is 23.5 Å². The van der Waals surface area contributed by atoms with Crippen molar-refractivity contribution in [3.63, 3.8) is 0 Å². The number of thiazole rings is 1. The number of benzene rings is 1. The molecule has 0 bridgehead atoms. The molecule has 0 radical (unpaired) electrons. The number of nitrogens with one attached hydrogen (secondary N) is 1. The molecule has 1 unspecified atom stereocenters. The second kappa shape index (κ2) is 6.34. The van der Waals surface area contributed by atoms with Crippen LogP contribution in [-0.4, -0.2) is 16.7 Å². The van der Waals surface area contributed by atoms with Crippen LogP contribution in [0.2, 0.25) is 0 Å². The fourth-order valence-corrected chi connectivity index (χ4v) is 2.48. The monoisotopic (exact) mass is 302 g/mol. The van der Waals surface area contributed by atoms with E-state index in [0.717, 1.165) is 22.8 Å². The van der Waals surface area contributed by atoms with Gasteiger partial charge in [-0.15, -0.1) is 11.3 Å². The van der Waals surface area contributed by atoms with Gasteiger partial charge in [-0.2, -0.15) is 0 Å². The van der Waals surface area contributed by atoms with Gasteiger partial charge in [0.2, 0.25) is 0 Å². The van der Waals surface area contributed by atoms with Gasteiger partial charge in [0, 0.05) is 17.6 Å². The second-order valence-electron chi connectivity index (χ2n) is 4.30. The summed E-state index contributed by atoms with van der Waals surface area (Å²) in [5.41, 5.74) is 1.03. The van der Waals surface area contributed by atoms with Gasteiger partial charge in [0.25, 0.3) is 0 Å². The molecule has 1 aromatic carbocycles.